The molecule has 1 aromatic heterocycles. The van der Waals surface area contributed by atoms with Crippen LogP contribution in [0.2, 0.25) is 5.15 Å². The van der Waals surface area contributed by atoms with Gasteiger partial charge in [-0.2, -0.15) is 0 Å². The van der Waals surface area contributed by atoms with Crippen LogP contribution in [0.1, 0.15) is 55.6 Å². The second kappa shape index (κ2) is 7.23. The van der Waals surface area contributed by atoms with Crippen LogP contribution < -0.4 is 5.32 Å². The van der Waals surface area contributed by atoms with Crippen LogP contribution in [0.25, 0.3) is 0 Å². The van der Waals surface area contributed by atoms with Crippen molar-refractivity contribution in [3.8, 4) is 0 Å². The van der Waals surface area contributed by atoms with Crippen molar-refractivity contribution in [1.29, 1.82) is 0 Å². The molecule has 0 saturated carbocycles. The maximum atomic E-state index is 12.3. The Kier molecular flexibility index (Phi) is 5.59. The van der Waals surface area contributed by atoms with Crippen LogP contribution in [0, 0.1) is 0 Å². The molecular weight excluding hydrogens is 286 g/mol. The minimum Gasteiger partial charge on any atom is -0.348 e. The van der Waals surface area contributed by atoms with Crippen molar-refractivity contribution in [2.24, 2.45) is 0 Å². The third-order valence-corrected chi connectivity index (χ3v) is 3.97. The molecule has 1 aliphatic rings. The molecule has 5 heteroatoms. The highest BCUT2D eigenvalue weighted by Crippen LogP contribution is 2.18. The first-order chi connectivity index (χ1) is 9.95. The van der Waals surface area contributed by atoms with E-state index in [2.05, 4.69) is 15.2 Å². The van der Waals surface area contributed by atoms with E-state index in [1.54, 1.807) is 6.07 Å². The Hall–Kier alpha value is -1.13. The van der Waals surface area contributed by atoms with E-state index in [9.17, 15) is 4.79 Å². The summed E-state index contributed by atoms with van der Waals surface area (Å²) in [5, 5.41) is 3.42. The number of rotatable bonds is 5. The van der Waals surface area contributed by atoms with Crippen molar-refractivity contribution in [2.75, 3.05) is 19.6 Å². The van der Waals surface area contributed by atoms with Gasteiger partial charge in [0.2, 0.25) is 0 Å². The van der Waals surface area contributed by atoms with Gasteiger partial charge in [-0.3, -0.25) is 4.79 Å². The summed E-state index contributed by atoms with van der Waals surface area (Å²) >= 11 is 6.01. The summed E-state index contributed by atoms with van der Waals surface area (Å²) in [5.74, 6) is 0.171. The zero-order valence-electron chi connectivity index (χ0n) is 13.0. The molecule has 1 unspecified atom stereocenters. The average Bonchev–Trinajstić information content (AvgIpc) is 2.90. The van der Waals surface area contributed by atoms with E-state index in [1.807, 2.05) is 26.8 Å². The molecule has 1 N–H and O–H groups in total. The molecule has 1 saturated heterocycles. The van der Waals surface area contributed by atoms with Crippen molar-refractivity contribution in [1.82, 2.24) is 15.2 Å². The van der Waals surface area contributed by atoms with Gasteiger partial charge in [0, 0.05) is 23.8 Å². The number of carbonyl (C=O) groups is 1. The molecule has 21 heavy (non-hydrogen) atoms. The first kappa shape index (κ1) is 16.2. The molecule has 4 nitrogen and oxygen atoms in total. The van der Waals surface area contributed by atoms with Gasteiger partial charge in [-0.1, -0.05) is 25.4 Å². The second-order valence-electron chi connectivity index (χ2n) is 6.14. The molecule has 1 amide bonds. The third-order valence-electron chi connectivity index (χ3n) is 3.78. The smallest absolute Gasteiger partial charge is 0.251 e. The summed E-state index contributed by atoms with van der Waals surface area (Å²) in [7, 11) is 0. The number of aromatic nitrogens is 1. The molecule has 1 aliphatic heterocycles. The molecular formula is C16H24ClN3O. The van der Waals surface area contributed by atoms with Gasteiger partial charge < -0.3 is 10.2 Å². The highest BCUT2D eigenvalue weighted by Gasteiger charge is 2.17. The molecule has 1 fully saturated rings. The normalized spacial score (nSPS) is 17.2. The summed E-state index contributed by atoms with van der Waals surface area (Å²) < 4.78 is 0. The molecule has 0 radical (unpaired) electrons. The van der Waals surface area contributed by atoms with Gasteiger partial charge >= 0.3 is 0 Å². The fourth-order valence-electron chi connectivity index (χ4n) is 2.65. The number of nitrogens with one attached hydrogen (secondary N) is 1. The standard InChI is InChI=1S/C16H24ClN3O/c1-11(2)14-8-13(9-15(17)19-14)16(21)18-12(3)10-20-6-4-5-7-20/h8-9,11-12H,4-7,10H2,1-3H3,(H,18,21). The van der Waals surface area contributed by atoms with E-state index in [4.69, 9.17) is 11.6 Å². The van der Waals surface area contributed by atoms with Crippen LogP contribution in [-0.2, 0) is 0 Å². The number of hydrogen-bond acceptors (Lipinski definition) is 3. The summed E-state index contributed by atoms with van der Waals surface area (Å²) in [6, 6.07) is 3.59. The molecule has 2 heterocycles. The first-order valence-electron chi connectivity index (χ1n) is 7.66. The van der Waals surface area contributed by atoms with E-state index in [0.29, 0.717) is 10.7 Å². The lowest BCUT2D eigenvalue weighted by molar-refractivity contribution is 0.0931. The topological polar surface area (TPSA) is 45.2 Å². The maximum absolute atomic E-state index is 12.3. The van der Waals surface area contributed by atoms with E-state index in [0.717, 1.165) is 25.3 Å². The van der Waals surface area contributed by atoms with Gasteiger partial charge in [0.1, 0.15) is 5.15 Å². The maximum Gasteiger partial charge on any atom is 0.251 e. The third kappa shape index (κ3) is 4.68. The van der Waals surface area contributed by atoms with Crippen LogP contribution in [-0.4, -0.2) is 41.5 Å². The average molecular weight is 310 g/mol. The monoisotopic (exact) mass is 309 g/mol. The van der Waals surface area contributed by atoms with Crippen LogP contribution in [0.4, 0.5) is 0 Å². The largest absolute Gasteiger partial charge is 0.348 e. The number of halogens is 1. The highest BCUT2D eigenvalue weighted by molar-refractivity contribution is 6.29. The Balaban J connectivity index is 1.98. The first-order valence-corrected chi connectivity index (χ1v) is 8.04. The Bertz CT molecular complexity index is 498. The quantitative estimate of drug-likeness (QED) is 0.850. The fraction of sp³-hybridized carbons (Fsp3) is 0.625. The predicted molar refractivity (Wildman–Crippen MR) is 85.9 cm³/mol. The van der Waals surface area contributed by atoms with Gasteiger partial charge in [0.05, 0.1) is 0 Å². The van der Waals surface area contributed by atoms with Crippen molar-refractivity contribution in [3.05, 3.63) is 28.5 Å². The van der Waals surface area contributed by atoms with Gasteiger partial charge in [-0.15, -0.1) is 0 Å². The minimum atomic E-state index is -0.0760. The second-order valence-corrected chi connectivity index (χ2v) is 6.53. The summed E-state index contributed by atoms with van der Waals surface area (Å²) in [6.07, 6.45) is 2.52. The van der Waals surface area contributed by atoms with Crippen LogP contribution >= 0.6 is 11.6 Å². The number of carbonyl (C=O) groups excluding carboxylic acids is 1. The Morgan fingerprint density at radius 3 is 2.62 bits per heavy atom. The van der Waals surface area contributed by atoms with Crippen molar-refractivity contribution in [2.45, 2.75) is 45.6 Å². The Labute approximate surface area is 131 Å². The number of hydrogen-bond donors (Lipinski definition) is 1. The molecule has 0 bridgehead atoms. The molecule has 0 spiro atoms. The predicted octanol–water partition coefficient (Wildman–Crippen LogP) is 3.07. The van der Waals surface area contributed by atoms with Gasteiger partial charge in [0.25, 0.3) is 5.91 Å². The van der Waals surface area contributed by atoms with Crippen molar-refractivity contribution in [3.63, 3.8) is 0 Å². The Morgan fingerprint density at radius 2 is 2.00 bits per heavy atom. The van der Waals surface area contributed by atoms with Crippen LogP contribution in [0.5, 0.6) is 0 Å². The molecule has 0 aromatic carbocycles. The number of pyridine rings is 1. The zero-order chi connectivity index (χ0) is 15.4. The fourth-order valence-corrected chi connectivity index (χ4v) is 2.86. The van der Waals surface area contributed by atoms with Gasteiger partial charge in [0.15, 0.2) is 0 Å². The molecule has 1 atom stereocenters. The molecule has 1 aromatic rings. The van der Waals surface area contributed by atoms with Gasteiger partial charge in [-0.05, 0) is 50.9 Å². The Morgan fingerprint density at radius 1 is 1.33 bits per heavy atom. The van der Waals surface area contributed by atoms with Crippen molar-refractivity contribution >= 4 is 17.5 Å². The zero-order valence-corrected chi connectivity index (χ0v) is 13.8. The molecule has 0 aliphatic carbocycles. The highest BCUT2D eigenvalue weighted by atomic mass is 35.5. The van der Waals surface area contributed by atoms with Crippen LogP contribution in [0.15, 0.2) is 12.1 Å². The summed E-state index contributed by atoms with van der Waals surface area (Å²) in [5.41, 5.74) is 1.44. The van der Waals surface area contributed by atoms with Gasteiger partial charge in [-0.25, -0.2) is 4.98 Å². The van der Waals surface area contributed by atoms with E-state index in [-0.39, 0.29) is 17.9 Å². The van der Waals surface area contributed by atoms with E-state index < -0.39 is 0 Å². The summed E-state index contributed by atoms with van der Waals surface area (Å²) in [4.78, 5) is 19.0. The lowest BCUT2D eigenvalue weighted by Gasteiger charge is -2.21. The van der Waals surface area contributed by atoms with E-state index in [1.165, 1.54) is 12.8 Å². The lowest BCUT2D eigenvalue weighted by Crippen LogP contribution is -2.41. The summed E-state index contributed by atoms with van der Waals surface area (Å²) in [6.45, 7) is 9.30. The molecule has 2 rings (SSSR count). The minimum absolute atomic E-state index is 0.0760. The molecule has 116 valence electrons. The van der Waals surface area contributed by atoms with E-state index >= 15 is 0 Å². The van der Waals surface area contributed by atoms with Crippen molar-refractivity contribution < 1.29 is 4.79 Å². The van der Waals surface area contributed by atoms with Crippen LogP contribution in [0.3, 0.4) is 0 Å². The number of amides is 1. The number of nitrogens with zero attached hydrogens (tertiary/aromatic N) is 2. The lowest BCUT2D eigenvalue weighted by atomic mass is 10.1. The number of likely N-dealkylation sites (tertiary alicyclic amines) is 1. The SMILES string of the molecule is CC(CN1CCCC1)NC(=O)c1cc(Cl)nc(C(C)C)c1.